The summed E-state index contributed by atoms with van der Waals surface area (Å²) < 4.78 is 10.9. The van der Waals surface area contributed by atoms with Crippen LogP contribution in [0.25, 0.3) is 0 Å². The molecule has 0 unspecified atom stereocenters. The molecule has 0 aliphatic rings. The van der Waals surface area contributed by atoms with Crippen molar-refractivity contribution < 1.29 is 34.7 Å². The first-order valence-electron chi connectivity index (χ1n) is 6.28. The summed E-state index contributed by atoms with van der Waals surface area (Å²) in [4.78, 5) is 11.1. The fraction of sp³-hybridized carbons (Fsp3) is 0.818. The van der Waals surface area contributed by atoms with Gasteiger partial charge >= 0.3 is 27.0 Å². The minimum atomic E-state index is -1.74. The molecule has 0 aromatic carbocycles. The third kappa shape index (κ3) is 12.0. The van der Waals surface area contributed by atoms with Gasteiger partial charge in [-0.1, -0.05) is 0 Å². The molecular weight excluding hydrogens is 448 g/mol. The summed E-state index contributed by atoms with van der Waals surface area (Å²) >= 11 is 0. The molecule has 0 aliphatic carbocycles. The quantitative estimate of drug-likeness (QED) is 0.224. The van der Waals surface area contributed by atoms with E-state index in [1.165, 1.54) is 0 Å². The summed E-state index contributed by atoms with van der Waals surface area (Å²) in [7, 11) is -3.45. The molecule has 0 aromatic heterocycles. The van der Waals surface area contributed by atoms with Crippen LogP contribution in [0, 0.1) is 6.92 Å². The number of hydrogen-bond acceptors (Lipinski definition) is 5. The second kappa shape index (κ2) is 10.2. The summed E-state index contributed by atoms with van der Waals surface area (Å²) in [5, 5.41) is 3.26. The van der Waals surface area contributed by atoms with Crippen LogP contribution < -0.4 is 11.1 Å². The number of nitrogens with two attached hydrogens (primary N) is 1. The normalized spacial score (nSPS) is 11.9. The van der Waals surface area contributed by atoms with Gasteiger partial charge in [-0.25, -0.2) is 0 Å². The number of carbonyl (C=O) groups excluding carboxylic acids is 1. The molecule has 3 N–H and O–H groups in total. The largest absolute Gasteiger partial charge is 2.00 e. The molecule has 19 heavy (non-hydrogen) atoms. The fourth-order valence-corrected chi connectivity index (χ4v) is 8.98. The Morgan fingerprint density at radius 1 is 1.26 bits per heavy atom. The van der Waals surface area contributed by atoms with Gasteiger partial charge in [-0.3, -0.25) is 4.79 Å². The molecule has 0 aromatic rings. The molecule has 8 heteroatoms. The Kier molecular flexibility index (Phi) is 11.7. The predicted octanol–water partition coefficient (Wildman–Crippen LogP) is 0.805. The van der Waals surface area contributed by atoms with E-state index in [0.717, 1.165) is 6.17 Å². The number of carbonyl (C=O) groups is 1. The second-order valence-electron chi connectivity index (χ2n) is 5.47. The van der Waals surface area contributed by atoms with Crippen molar-refractivity contribution in [2.24, 2.45) is 5.73 Å². The van der Waals surface area contributed by atoms with Crippen molar-refractivity contribution in [3.05, 3.63) is 6.92 Å². The molecule has 0 atom stereocenters. The maximum atomic E-state index is 11.1. The van der Waals surface area contributed by atoms with Gasteiger partial charge in [0.1, 0.15) is 0 Å². The molecule has 0 aliphatic heterocycles. The zero-order valence-electron chi connectivity index (χ0n) is 12.5. The van der Waals surface area contributed by atoms with Gasteiger partial charge < -0.3 is 26.8 Å². The van der Waals surface area contributed by atoms with Gasteiger partial charge in [-0.15, -0.1) is 0 Å². The minimum Gasteiger partial charge on any atom is -0.499 e. The van der Waals surface area contributed by atoms with Crippen molar-refractivity contribution in [2.45, 2.75) is 32.6 Å². The van der Waals surface area contributed by atoms with Gasteiger partial charge in [-0.05, 0) is 32.8 Å². The zero-order valence-corrected chi connectivity index (χ0v) is 17.4. The van der Waals surface area contributed by atoms with Crippen LogP contribution in [0.15, 0.2) is 0 Å². The van der Waals surface area contributed by atoms with E-state index in [2.05, 4.69) is 38.4 Å². The molecule has 0 radical (unpaired) electrons. The van der Waals surface area contributed by atoms with Crippen LogP contribution in [0.4, 0.5) is 0 Å². The van der Waals surface area contributed by atoms with Gasteiger partial charge in [0.05, 0.1) is 6.42 Å². The average molecular weight is 475 g/mol. The van der Waals surface area contributed by atoms with Gasteiger partial charge in [-0.2, -0.15) is 0 Å². The number of rotatable bonds is 9. The topological polar surface area (TPSA) is 73.6 Å². The standard InChI is InChI=1S/C11H27N2O3Si2.W/c1-6-15-11(14)7-8-13-10-18(4,5)16-17(2,3)9-12;/h13H,1,6-10,12H2,2-5H3;/q-1;+2. The summed E-state index contributed by atoms with van der Waals surface area (Å²) in [6, 6.07) is 0. The van der Waals surface area contributed by atoms with Crippen LogP contribution >= 0.6 is 0 Å². The Balaban J connectivity index is 0. The molecule has 0 heterocycles. The first-order valence-corrected chi connectivity index (χ1v) is 12.5. The first kappa shape index (κ1) is 21.8. The fourth-order valence-electron chi connectivity index (χ4n) is 1.59. The number of ether oxygens (including phenoxy) is 1. The Bertz CT molecular complexity index is 266. The van der Waals surface area contributed by atoms with Crippen LogP contribution in [0.3, 0.4) is 0 Å². The van der Waals surface area contributed by atoms with E-state index < -0.39 is 16.6 Å². The van der Waals surface area contributed by atoms with Crippen molar-refractivity contribution in [1.82, 2.24) is 5.32 Å². The van der Waals surface area contributed by atoms with Crippen molar-refractivity contribution in [2.75, 3.05) is 25.5 Å². The van der Waals surface area contributed by atoms with E-state index in [-0.39, 0.29) is 33.6 Å². The summed E-state index contributed by atoms with van der Waals surface area (Å²) in [5.74, 6) is -0.213. The van der Waals surface area contributed by atoms with Gasteiger partial charge in [0, 0.05) is 18.9 Å². The van der Waals surface area contributed by atoms with Crippen LogP contribution in [0.2, 0.25) is 26.2 Å². The molecule has 0 bridgehead atoms. The molecule has 0 saturated carbocycles. The molecule has 5 nitrogen and oxygen atoms in total. The monoisotopic (exact) mass is 475 g/mol. The molecule has 0 saturated heterocycles. The number of nitrogens with one attached hydrogen (secondary N) is 1. The van der Waals surface area contributed by atoms with Crippen molar-refractivity contribution in [3.63, 3.8) is 0 Å². The first-order chi connectivity index (χ1) is 8.22. The van der Waals surface area contributed by atoms with E-state index in [0.29, 0.717) is 19.1 Å². The summed E-state index contributed by atoms with van der Waals surface area (Å²) in [6.07, 6.45) is 1.83. The maximum absolute atomic E-state index is 11.1. The van der Waals surface area contributed by atoms with Gasteiger partial charge in [0.2, 0.25) is 0 Å². The number of esters is 1. The van der Waals surface area contributed by atoms with Gasteiger partial charge in [0.25, 0.3) is 0 Å². The van der Waals surface area contributed by atoms with Gasteiger partial charge in [0.15, 0.2) is 16.6 Å². The van der Waals surface area contributed by atoms with Crippen LogP contribution in [0.5, 0.6) is 0 Å². The summed E-state index contributed by atoms with van der Waals surface area (Å²) in [6.45, 7) is 12.9. The molecule has 0 amide bonds. The SMILES string of the molecule is [CH2-]COC(=O)CCNC[Si](C)(C)O[Si](C)(C)CN.[W+2]. The molecular formula is C11H27N2O3Si2W+. The smallest absolute Gasteiger partial charge is 0.499 e. The summed E-state index contributed by atoms with van der Waals surface area (Å²) in [5.41, 5.74) is 5.71. The van der Waals surface area contributed by atoms with E-state index in [1.54, 1.807) is 0 Å². The minimum absolute atomic E-state index is 0. The molecule has 0 spiro atoms. The third-order valence-corrected chi connectivity index (χ3v) is 8.87. The average Bonchev–Trinajstić information content (AvgIpc) is 2.23. The van der Waals surface area contributed by atoms with Crippen molar-refractivity contribution in [3.8, 4) is 0 Å². The number of hydrogen-bond donors (Lipinski definition) is 2. The van der Waals surface area contributed by atoms with Crippen LogP contribution in [-0.2, 0) is 34.7 Å². The van der Waals surface area contributed by atoms with Crippen molar-refractivity contribution in [1.29, 1.82) is 0 Å². The van der Waals surface area contributed by atoms with E-state index >= 15 is 0 Å². The third-order valence-electron chi connectivity index (χ3n) is 2.36. The van der Waals surface area contributed by atoms with Crippen LogP contribution in [0.1, 0.15) is 6.42 Å². The molecule has 112 valence electrons. The van der Waals surface area contributed by atoms with Crippen LogP contribution in [-0.4, -0.2) is 48.1 Å². The zero-order chi connectivity index (χ0) is 14.2. The van der Waals surface area contributed by atoms with Crippen molar-refractivity contribution >= 4 is 22.6 Å². The second-order valence-corrected chi connectivity index (χ2v) is 14.1. The Morgan fingerprint density at radius 3 is 2.32 bits per heavy atom. The Hall–Kier alpha value is 0.472. The Labute approximate surface area is 133 Å². The molecule has 0 fully saturated rings. The Morgan fingerprint density at radius 2 is 1.84 bits per heavy atom. The van der Waals surface area contributed by atoms with E-state index in [4.69, 9.17) is 14.6 Å². The maximum Gasteiger partial charge on any atom is 2.00 e. The van der Waals surface area contributed by atoms with E-state index in [1.807, 2.05) is 0 Å². The molecule has 0 rings (SSSR count). The predicted molar refractivity (Wildman–Crippen MR) is 78.9 cm³/mol. The van der Waals surface area contributed by atoms with E-state index in [9.17, 15) is 4.79 Å².